The SMILES string of the molecule is C[C@H](OC(=O)C[C@@H]1C=CCC1)c1nc2scc(-c3cccs3)c2c(=O)[nH]1. The largest absolute Gasteiger partial charge is 0.454 e. The van der Waals surface area contributed by atoms with Crippen LogP contribution in [-0.4, -0.2) is 15.9 Å². The number of carbonyl (C=O) groups is 1. The van der Waals surface area contributed by atoms with Crippen LogP contribution in [0.25, 0.3) is 20.7 Å². The van der Waals surface area contributed by atoms with Crippen molar-refractivity contribution in [3.05, 3.63) is 51.2 Å². The van der Waals surface area contributed by atoms with Gasteiger partial charge in [0.25, 0.3) is 5.56 Å². The van der Waals surface area contributed by atoms with Gasteiger partial charge in [0, 0.05) is 15.8 Å². The Balaban J connectivity index is 1.56. The number of thiophene rings is 2. The van der Waals surface area contributed by atoms with Crippen LogP contribution in [0.4, 0.5) is 0 Å². The summed E-state index contributed by atoms with van der Waals surface area (Å²) in [7, 11) is 0. The molecule has 0 bridgehead atoms. The molecule has 0 radical (unpaired) electrons. The standard InChI is InChI=1S/C19H18N2O3S2/c1-11(24-15(22)9-12-5-2-3-6-12)17-20-18(23)16-13(10-26-19(16)21-17)14-7-4-8-25-14/h2,4-5,7-8,10-12H,3,6,9H2,1H3,(H,20,21,23)/t11-,12+/m0/s1. The van der Waals surface area contributed by atoms with Crippen LogP contribution >= 0.6 is 22.7 Å². The van der Waals surface area contributed by atoms with Gasteiger partial charge in [-0.25, -0.2) is 4.98 Å². The molecule has 5 nitrogen and oxygen atoms in total. The average Bonchev–Trinajstić information content (AvgIpc) is 3.35. The van der Waals surface area contributed by atoms with E-state index >= 15 is 0 Å². The molecule has 0 amide bonds. The molecule has 134 valence electrons. The van der Waals surface area contributed by atoms with Crippen LogP contribution in [0.3, 0.4) is 0 Å². The van der Waals surface area contributed by atoms with Gasteiger partial charge in [-0.15, -0.1) is 22.7 Å². The minimum atomic E-state index is -0.586. The first-order valence-electron chi connectivity index (χ1n) is 8.53. The van der Waals surface area contributed by atoms with Gasteiger partial charge in [-0.1, -0.05) is 18.2 Å². The Bertz CT molecular complexity index is 1020. The summed E-state index contributed by atoms with van der Waals surface area (Å²) in [4.78, 5) is 33.8. The molecule has 1 N–H and O–H groups in total. The summed E-state index contributed by atoms with van der Waals surface area (Å²) in [6.07, 6.45) is 5.95. The quantitative estimate of drug-likeness (QED) is 0.511. The highest BCUT2D eigenvalue weighted by Gasteiger charge is 2.21. The first-order valence-corrected chi connectivity index (χ1v) is 10.3. The summed E-state index contributed by atoms with van der Waals surface area (Å²) < 4.78 is 5.48. The number of hydrogen-bond donors (Lipinski definition) is 1. The number of esters is 1. The molecule has 2 atom stereocenters. The predicted molar refractivity (Wildman–Crippen MR) is 105 cm³/mol. The number of ether oxygens (including phenoxy) is 1. The first-order chi connectivity index (χ1) is 12.6. The van der Waals surface area contributed by atoms with Crippen LogP contribution < -0.4 is 5.56 Å². The van der Waals surface area contributed by atoms with E-state index in [1.807, 2.05) is 22.9 Å². The fraction of sp³-hybridized carbons (Fsp3) is 0.316. The predicted octanol–water partition coefficient (Wildman–Crippen LogP) is 4.67. The molecule has 0 saturated heterocycles. The van der Waals surface area contributed by atoms with Crippen molar-refractivity contribution in [2.45, 2.75) is 32.3 Å². The smallest absolute Gasteiger partial charge is 0.307 e. The Morgan fingerprint density at radius 1 is 1.46 bits per heavy atom. The molecule has 3 aromatic rings. The second kappa shape index (κ2) is 7.17. The van der Waals surface area contributed by atoms with E-state index in [-0.39, 0.29) is 17.4 Å². The highest BCUT2D eigenvalue weighted by Crippen LogP contribution is 2.34. The Hall–Kier alpha value is -2.25. The van der Waals surface area contributed by atoms with Crippen LogP contribution in [-0.2, 0) is 9.53 Å². The number of allylic oxidation sites excluding steroid dienone is 2. The summed E-state index contributed by atoms with van der Waals surface area (Å²) in [6, 6.07) is 3.95. The number of rotatable bonds is 5. The second-order valence-electron chi connectivity index (χ2n) is 6.36. The molecule has 4 rings (SSSR count). The van der Waals surface area contributed by atoms with Crippen molar-refractivity contribution in [2.24, 2.45) is 5.92 Å². The minimum absolute atomic E-state index is 0.198. The van der Waals surface area contributed by atoms with E-state index in [1.54, 1.807) is 18.3 Å². The molecule has 0 unspecified atom stereocenters. The zero-order valence-corrected chi connectivity index (χ0v) is 15.9. The highest BCUT2D eigenvalue weighted by atomic mass is 32.1. The topological polar surface area (TPSA) is 72.0 Å². The van der Waals surface area contributed by atoms with Gasteiger partial charge in [0.1, 0.15) is 4.83 Å². The van der Waals surface area contributed by atoms with Crippen LogP contribution in [0.1, 0.15) is 38.1 Å². The molecule has 0 fully saturated rings. The lowest BCUT2D eigenvalue weighted by Crippen LogP contribution is -2.18. The van der Waals surface area contributed by atoms with E-state index < -0.39 is 6.10 Å². The second-order valence-corrected chi connectivity index (χ2v) is 8.17. The molecule has 3 aromatic heterocycles. The molecule has 0 spiro atoms. The normalized spacial score (nSPS) is 17.7. The fourth-order valence-electron chi connectivity index (χ4n) is 3.15. The molecule has 3 heterocycles. The van der Waals surface area contributed by atoms with Crippen LogP contribution in [0.15, 0.2) is 39.8 Å². The van der Waals surface area contributed by atoms with Crippen LogP contribution in [0.5, 0.6) is 0 Å². The van der Waals surface area contributed by atoms with E-state index in [1.165, 1.54) is 11.3 Å². The lowest BCUT2D eigenvalue weighted by atomic mass is 10.1. The van der Waals surface area contributed by atoms with Crippen molar-refractivity contribution in [3.63, 3.8) is 0 Å². The summed E-state index contributed by atoms with van der Waals surface area (Å²) in [5.74, 6) is 0.384. The van der Waals surface area contributed by atoms with Crippen molar-refractivity contribution in [2.75, 3.05) is 0 Å². The van der Waals surface area contributed by atoms with E-state index in [9.17, 15) is 9.59 Å². The van der Waals surface area contributed by atoms with E-state index in [0.717, 1.165) is 23.3 Å². The van der Waals surface area contributed by atoms with Crippen molar-refractivity contribution >= 4 is 38.9 Å². The maximum absolute atomic E-state index is 12.6. The number of carbonyl (C=O) groups excluding carboxylic acids is 1. The number of aromatic nitrogens is 2. The minimum Gasteiger partial charge on any atom is -0.454 e. The fourth-order valence-corrected chi connectivity index (χ4v) is 4.92. The Morgan fingerprint density at radius 2 is 2.35 bits per heavy atom. The van der Waals surface area contributed by atoms with Crippen molar-refractivity contribution in [1.82, 2.24) is 9.97 Å². The zero-order chi connectivity index (χ0) is 18.1. The summed E-state index contributed by atoms with van der Waals surface area (Å²) in [6.45, 7) is 1.74. The van der Waals surface area contributed by atoms with Crippen molar-refractivity contribution in [1.29, 1.82) is 0 Å². The van der Waals surface area contributed by atoms with Crippen LogP contribution in [0.2, 0.25) is 0 Å². The third-order valence-electron chi connectivity index (χ3n) is 4.48. The van der Waals surface area contributed by atoms with Gasteiger partial charge >= 0.3 is 5.97 Å². The van der Waals surface area contributed by atoms with Crippen molar-refractivity contribution in [3.8, 4) is 10.4 Å². The van der Waals surface area contributed by atoms with Gasteiger partial charge in [0.05, 0.1) is 11.8 Å². The Kier molecular flexibility index (Phi) is 4.74. The molecule has 1 aliphatic carbocycles. The molecular formula is C19H18N2O3S2. The maximum atomic E-state index is 12.6. The van der Waals surface area contributed by atoms with Gasteiger partial charge in [0.15, 0.2) is 11.9 Å². The third kappa shape index (κ3) is 3.37. The molecule has 1 aliphatic rings. The molecule has 7 heteroatoms. The molecule has 0 saturated carbocycles. The Labute approximate surface area is 158 Å². The van der Waals surface area contributed by atoms with Gasteiger partial charge in [-0.3, -0.25) is 9.59 Å². The van der Waals surface area contributed by atoms with E-state index in [4.69, 9.17) is 4.74 Å². The average molecular weight is 386 g/mol. The van der Waals surface area contributed by atoms with Gasteiger partial charge in [0.2, 0.25) is 0 Å². The van der Waals surface area contributed by atoms with Gasteiger partial charge in [-0.05, 0) is 37.1 Å². The first kappa shape index (κ1) is 17.2. The van der Waals surface area contributed by atoms with E-state index in [2.05, 4.69) is 22.1 Å². The summed E-state index contributed by atoms with van der Waals surface area (Å²) in [5, 5.41) is 4.53. The highest BCUT2D eigenvalue weighted by molar-refractivity contribution is 7.18. The molecule has 0 aromatic carbocycles. The number of aromatic amines is 1. The maximum Gasteiger partial charge on any atom is 0.307 e. The molecule has 0 aliphatic heterocycles. The van der Waals surface area contributed by atoms with E-state index in [0.29, 0.717) is 22.5 Å². The Morgan fingerprint density at radius 3 is 3.08 bits per heavy atom. The number of hydrogen-bond acceptors (Lipinski definition) is 6. The van der Waals surface area contributed by atoms with Gasteiger partial charge < -0.3 is 9.72 Å². The number of fused-ring (bicyclic) bond motifs is 1. The molecular weight excluding hydrogens is 368 g/mol. The summed E-state index contributed by atoms with van der Waals surface area (Å²) in [5.41, 5.74) is 0.703. The third-order valence-corrected chi connectivity index (χ3v) is 6.26. The summed E-state index contributed by atoms with van der Waals surface area (Å²) >= 11 is 3.02. The number of nitrogens with one attached hydrogen (secondary N) is 1. The van der Waals surface area contributed by atoms with Crippen molar-refractivity contribution < 1.29 is 9.53 Å². The number of nitrogens with zero attached hydrogens (tertiary/aromatic N) is 1. The van der Waals surface area contributed by atoms with Gasteiger partial charge in [-0.2, -0.15) is 0 Å². The zero-order valence-electron chi connectivity index (χ0n) is 14.2. The monoisotopic (exact) mass is 386 g/mol. The lowest BCUT2D eigenvalue weighted by Gasteiger charge is -2.14. The molecule has 26 heavy (non-hydrogen) atoms. The number of H-pyrrole nitrogens is 1. The lowest BCUT2D eigenvalue weighted by molar-refractivity contribution is -0.149. The van der Waals surface area contributed by atoms with Crippen LogP contribution in [0, 0.1) is 5.92 Å².